The van der Waals surface area contributed by atoms with Crippen molar-refractivity contribution in [1.82, 2.24) is 25.3 Å². The number of aromatic nitrogens is 5. The van der Waals surface area contributed by atoms with Gasteiger partial charge in [-0.2, -0.15) is 11.8 Å². The predicted molar refractivity (Wildman–Crippen MR) is 80.5 cm³/mol. The SMILES string of the molecule is CSCc1cc(Nc2ccc3nnnn3n2)ccc1Cl. The number of fused-ring (bicyclic) bond motifs is 1. The summed E-state index contributed by atoms with van der Waals surface area (Å²) >= 11 is 7.88. The summed E-state index contributed by atoms with van der Waals surface area (Å²) in [5, 5.41) is 19.4. The number of anilines is 2. The molecule has 2 heterocycles. The number of benzene rings is 1. The van der Waals surface area contributed by atoms with Crippen LogP contribution in [0.4, 0.5) is 11.5 Å². The number of tetrazole rings is 1. The molecule has 1 aromatic carbocycles. The van der Waals surface area contributed by atoms with Gasteiger partial charge in [-0.1, -0.05) is 11.6 Å². The fourth-order valence-corrected chi connectivity index (χ4v) is 2.60. The van der Waals surface area contributed by atoms with Gasteiger partial charge in [-0.05, 0) is 52.6 Å². The summed E-state index contributed by atoms with van der Waals surface area (Å²) in [5.41, 5.74) is 2.63. The van der Waals surface area contributed by atoms with E-state index in [4.69, 9.17) is 11.6 Å². The van der Waals surface area contributed by atoms with E-state index in [9.17, 15) is 0 Å². The molecule has 0 aliphatic rings. The Kier molecular flexibility index (Phi) is 3.70. The van der Waals surface area contributed by atoms with Crippen LogP contribution >= 0.6 is 23.4 Å². The normalized spacial score (nSPS) is 10.9. The maximum Gasteiger partial charge on any atom is 0.200 e. The Balaban J connectivity index is 1.87. The van der Waals surface area contributed by atoms with Gasteiger partial charge in [0.15, 0.2) is 11.5 Å². The third kappa shape index (κ3) is 2.68. The Morgan fingerprint density at radius 2 is 2.20 bits per heavy atom. The molecular formula is C12H11ClN6S. The average Bonchev–Trinajstić information content (AvgIpc) is 2.90. The first-order valence-corrected chi connectivity index (χ1v) is 7.63. The second-order valence-corrected chi connectivity index (χ2v) is 5.38. The first kappa shape index (κ1) is 13.1. The van der Waals surface area contributed by atoms with Gasteiger partial charge in [0.1, 0.15) is 0 Å². The molecule has 0 atom stereocenters. The van der Waals surface area contributed by atoms with E-state index in [0.717, 1.165) is 22.0 Å². The van der Waals surface area contributed by atoms with Crippen molar-refractivity contribution in [3.63, 3.8) is 0 Å². The lowest BCUT2D eigenvalue weighted by Gasteiger charge is -2.08. The predicted octanol–water partition coefficient (Wildman–Crippen LogP) is 2.78. The van der Waals surface area contributed by atoms with Crippen LogP contribution in [0.3, 0.4) is 0 Å². The molecule has 3 aromatic rings. The van der Waals surface area contributed by atoms with Gasteiger partial charge >= 0.3 is 0 Å². The number of hydrogen-bond acceptors (Lipinski definition) is 6. The number of nitrogens with one attached hydrogen (secondary N) is 1. The Morgan fingerprint density at radius 3 is 3.05 bits per heavy atom. The molecule has 0 bridgehead atoms. The molecule has 0 saturated carbocycles. The standard InChI is InChI=1S/C12H11ClN6S/c1-20-7-8-6-9(2-3-10(8)13)14-11-4-5-12-15-17-18-19(12)16-11/h2-6H,7H2,1H3,(H,14,16). The van der Waals surface area contributed by atoms with Gasteiger partial charge in [0.2, 0.25) is 0 Å². The molecule has 20 heavy (non-hydrogen) atoms. The van der Waals surface area contributed by atoms with Crippen LogP contribution < -0.4 is 5.32 Å². The molecule has 0 unspecified atom stereocenters. The van der Waals surface area contributed by atoms with Crippen molar-refractivity contribution in [1.29, 1.82) is 0 Å². The first-order valence-electron chi connectivity index (χ1n) is 5.86. The minimum Gasteiger partial charge on any atom is -0.339 e. The maximum atomic E-state index is 6.15. The van der Waals surface area contributed by atoms with E-state index >= 15 is 0 Å². The van der Waals surface area contributed by atoms with Gasteiger partial charge in [0.25, 0.3) is 0 Å². The van der Waals surface area contributed by atoms with E-state index in [0.29, 0.717) is 11.5 Å². The highest BCUT2D eigenvalue weighted by Crippen LogP contribution is 2.25. The minimum atomic E-state index is 0.606. The second-order valence-electron chi connectivity index (χ2n) is 4.11. The summed E-state index contributed by atoms with van der Waals surface area (Å²) in [7, 11) is 0. The minimum absolute atomic E-state index is 0.606. The topological polar surface area (TPSA) is 68.0 Å². The number of rotatable bonds is 4. The lowest BCUT2D eigenvalue weighted by atomic mass is 10.2. The van der Waals surface area contributed by atoms with E-state index in [1.807, 2.05) is 30.5 Å². The van der Waals surface area contributed by atoms with Gasteiger partial charge < -0.3 is 5.32 Å². The highest BCUT2D eigenvalue weighted by atomic mass is 35.5. The summed E-state index contributed by atoms with van der Waals surface area (Å²) in [6.07, 6.45) is 2.05. The number of halogens is 1. The van der Waals surface area contributed by atoms with Crippen molar-refractivity contribution in [3.8, 4) is 0 Å². The largest absolute Gasteiger partial charge is 0.339 e. The Bertz CT molecular complexity index is 744. The van der Waals surface area contributed by atoms with Crippen molar-refractivity contribution < 1.29 is 0 Å². The molecule has 0 aliphatic carbocycles. The average molecular weight is 307 g/mol. The summed E-state index contributed by atoms with van der Waals surface area (Å²) in [6, 6.07) is 9.44. The summed E-state index contributed by atoms with van der Waals surface area (Å²) in [5.74, 6) is 1.54. The lowest BCUT2D eigenvalue weighted by molar-refractivity contribution is 0.736. The Morgan fingerprint density at radius 1 is 1.30 bits per heavy atom. The van der Waals surface area contributed by atoms with Gasteiger partial charge in [-0.25, -0.2) is 0 Å². The highest BCUT2D eigenvalue weighted by Gasteiger charge is 2.04. The zero-order chi connectivity index (χ0) is 13.9. The molecule has 8 heteroatoms. The number of nitrogens with zero attached hydrogens (tertiary/aromatic N) is 5. The van der Waals surface area contributed by atoms with E-state index < -0.39 is 0 Å². The van der Waals surface area contributed by atoms with E-state index in [1.54, 1.807) is 17.8 Å². The van der Waals surface area contributed by atoms with Crippen LogP contribution in [0.5, 0.6) is 0 Å². The van der Waals surface area contributed by atoms with Gasteiger partial charge in [0, 0.05) is 16.5 Å². The molecular weight excluding hydrogens is 296 g/mol. The molecule has 0 saturated heterocycles. The van der Waals surface area contributed by atoms with Crippen LogP contribution in [0, 0.1) is 0 Å². The van der Waals surface area contributed by atoms with Crippen molar-refractivity contribution in [3.05, 3.63) is 40.9 Å². The summed E-state index contributed by atoms with van der Waals surface area (Å²) in [4.78, 5) is 0. The van der Waals surface area contributed by atoms with Crippen molar-refractivity contribution >= 4 is 40.5 Å². The van der Waals surface area contributed by atoms with Crippen molar-refractivity contribution in [2.24, 2.45) is 0 Å². The molecule has 0 spiro atoms. The van der Waals surface area contributed by atoms with Crippen LogP contribution in [0.2, 0.25) is 5.02 Å². The zero-order valence-corrected chi connectivity index (χ0v) is 12.2. The molecule has 102 valence electrons. The molecule has 0 amide bonds. The number of hydrogen-bond donors (Lipinski definition) is 1. The third-order valence-electron chi connectivity index (χ3n) is 2.69. The Hall–Kier alpha value is -1.86. The van der Waals surface area contributed by atoms with Crippen LogP contribution in [0.1, 0.15) is 5.56 Å². The molecule has 0 radical (unpaired) electrons. The maximum absolute atomic E-state index is 6.15. The first-order chi connectivity index (χ1) is 9.76. The molecule has 0 aliphatic heterocycles. The fourth-order valence-electron chi connectivity index (χ4n) is 1.78. The molecule has 1 N–H and O–H groups in total. The van der Waals surface area contributed by atoms with Crippen molar-refractivity contribution in [2.45, 2.75) is 5.75 Å². The quantitative estimate of drug-likeness (QED) is 0.799. The second kappa shape index (κ2) is 5.64. The summed E-state index contributed by atoms with van der Waals surface area (Å²) in [6.45, 7) is 0. The highest BCUT2D eigenvalue weighted by molar-refractivity contribution is 7.97. The van der Waals surface area contributed by atoms with E-state index in [1.165, 1.54) is 4.63 Å². The molecule has 6 nitrogen and oxygen atoms in total. The lowest BCUT2D eigenvalue weighted by Crippen LogP contribution is -2.00. The Labute approximate surface area is 124 Å². The van der Waals surface area contributed by atoms with Gasteiger partial charge in [-0.15, -0.1) is 14.8 Å². The van der Waals surface area contributed by atoms with E-state index in [-0.39, 0.29) is 0 Å². The van der Waals surface area contributed by atoms with Gasteiger partial charge in [-0.3, -0.25) is 0 Å². The van der Waals surface area contributed by atoms with Gasteiger partial charge in [0.05, 0.1) is 0 Å². The van der Waals surface area contributed by atoms with Crippen molar-refractivity contribution in [2.75, 3.05) is 11.6 Å². The molecule has 2 aromatic heterocycles. The summed E-state index contributed by atoms with van der Waals surface area (Å²) < 4.78 is 1.38. The number of thioether (sulfide) groups is 1. The van der Waals surface area contributed by atoms with Crippen LogP contribution in [-0.2, 0) is 5.75 Å². The van der Waals surface area contributed by atoms with Crippen LogP contribution in [0.15, 0.2) is 30.3 Å². The molecule has 3 rings (SSSR count). The van der Waals surface area contributed by atoms with E-state index in [2.05, 4.69) is 25.9 Å². The monoisotopic (exact) mass is 306 g/mol. The zero-order valence-electron chi connectivity index (χ0n) is 10.6. The smallest absolute Gasteiger partial charge is 0.200 e. The van der Waals surface area contributed by atoms with Crippen LogP contribution in [0.25, 0.3) is 5.65 Å². The molecule has 0 fully saturated rings. The van der Waals surface area contributed by atoms with Crippen LogP contribution in [-0.4, -0.2) is 31.5 Å². The fraction of sp³-hybridized carbons (Fsp3) is 0.167. The third-order valence-corrected chi connectivity index (χ3v) is 3.66.